The third-order valence-corrected chi connectivity index (χ3v) is 3.14. The summed E-state index contributed by atoms with van der Waals surface area (Å²) in [6.07, 6.45) is 1.59. The molecule has 1 amide bonds. The number of carbonyl (C=O) groups is 1. The minimum atomic E-state index is -0.276. The molecule has 20 heavy (non-hydrogen) atoms. The Kier molecular flexibility index (Phi) is 4.46. The van der Waals surface area contributed by atoms with Crippen LogP contribution in [0.3, 0.4) is 0 Å². The van der Waals surface area contributed by atoms with Crippen LogP contribution in [0.4, 0.5) is 5.13 Å². The molecule has 1 aromatic carbocycles. The molecule has 0 atom stereocenters. The van der Waals surface area contributed by atoms with Crippen LogP contribution in [0.25, 0.3) is 0 Å². The summed E-state index contributed by atoms with van der Waals surface area (Å²) in [5.74, 6) is 5.29. The highest BCUT2D eigenvalue weighted by Crippen LogP contribution is 2.18. The average Bonchev–Trinajstić information content (AvgIpc) is 2.92. The van der Waals surface area contributed by atoms with E-state index in [0.29, 0.717) is 16.3 Å². The summed E-state index contributed by atoms with van der Waals surface area (Å²) in [7, 11) is 0. The number of amides is 1. The second-order valence-corrected chi connectivity index (χ2v) is 4.71. The number of rotatable bonds is 2. The van der Waals surface area contributed by atoms with E-state index in [1.807, 2.05) is 6.07 Å². The van der Waals surface area contributed by atoms with Gasteiger partial charge in [0.2, 0.25) is 0 Å². The van der Waals surface area contributed by atoms with Crippen molar-refractivity contribution in [2.45, 2.75) is 0 Å². The lowest BCUT2D eigenvalue weighted by molar-refractivity contribution is 0.102. The molecule has 0 spiro atoms. The normalized spacial score (nSPS) is 9.20. The van der Waals surface area contributed by atoms with Gasteiger partial charge in [-0.2, -0.15) is 5.26 Å². The van der Waals surface area contributed by atoms with E-state index >= 15 is 0 Å². The van der Waals surface area contributed by atoms with Gasteiger partial charge >= 0.3 is 0 Å². The van der Waals surface area contributed by atoms with E-state index < -0.39 is 0 Å². The van der Waals surface area contributed by atoms with Crippen molar-refractivity contribution in [1.82, 2.24) is 4.98 Å². The first-order chi connectivity index (χ1) is 9.72. The number of benzene rings is 1. The lowest BCUT2D eigenvalue weighted by Gasteiger charge is -2.00. The Labute approximate surface area is 120 Å². The summed E-state index contributed by atoms with van der Waals surface area (Å²) >= 11 is 1.28. The number of thiazole rings is 1. The largest absolute Gasteiger partial charge is 0.320 e. The predicted octanol–water partition coefficient (Wildman–Crippen LogP) is 1.58. The molecule has 2 aromatic rings. The lowest BCUT2D eigenvalue weighted by atomic mass is 10.1. The molecule has 0 aliphatic carbocycles. The molecule has 0 bridgehead atoms. The molecule has 1 heterocycles. The number of nitrogens with zero attached hydrogens (tertiary/aromatic N) is 2. The van der Waals surface area contributed by atoms with Crippen LogP contribution in [0.1, 0.15) is 20.8 Å². The van der Waals surface area contributed by atoms with E-state index in [-0.39, 0.29) is 12.5 Å². The minimum absolute atomic E-state index is 0.276. The maximum absolute atomic E-state index is 12.0. The van der Waals surface area contributed by atoms with Gasteiger partial charge < -0.3 is 5.73 Å². The van der Waals surface area contributed by atoms with Gasteiger partial charge in [-0.3, -0.25) is 10.1 Å². The molecule has 5 nitrogen and oxygen atoms in total. The van der Waals surface area contributed by atoms with Gasteiger partial charge in [0.05, 0.1) is 29.3 Å². The molecular formula is C14H10N4OS. The first-order valence-corrected chi connectivity index (χ1v) is 6.51. The van der Waals surface area contributed by atoms with Crippen molar-refractivity contribution in [3.05, 3.63) is 46.5 Å². The van der Waals surface area contributed by atoms with Gasteiger partial charge in [0.25, 0.3) is 5.91 Å². The molecule has 0 aliphatic rings. The molecule has 98 valence electrons. The predicted molar refractivity (Wildman–Crippen MR) is 77.2 cm³/mol. The lowest BCUT2D eigenvalue weighted by Crippen LogP contribution is -2.11. The van der Waals surface area contributed by atoms with E-state index in [9.17, 15) is 4.79 Å². The first kappa shape index (κ1) is 13.8. The smallest absolute Gasteiger partial charge is 0.257 e. The zero-order chi connectivity index (χ0) is 14.4. The van der Waals surface area contributed by atoms with Gasteiger partial charge in [-0.15, -0.1) is 0 Å². The van der Waals surface area contributed by atoms with E-state index in [1.165, 1.54) is 11.3 Å². The van der Waals surface area contributed by atoms with E-state index in [0.717, 1.165) is 4.88 Å². The number of hydrogen-bond acceptors (Lipinski definition) is 5. The van der Waals surface area contributed by atoms with E-state index in [2.05, 4.69) is 22.1 Å². The molecule has 0 aliphatic heterocycles. The molecule has 0 radical (unpaired) electrons. The van der Waals surface area contributed by atoms with Crippen molar-refractivity contribution in [1.29, 1.82) is 5.26 Å². The Bertz CT molecular complexity index is 716. The number of aromatic nitrogens is 1. The number of nitrogens with one attached hydrogen (secondary N) is 1. The van der Waals surface area contributed by atoms with Crippen molar-refractivity contribution in [3.8, 4) is 17.9 Å². The Morgan fingerprint density at radius 1 is 1.40 bits per heavy atom. The van der Waals surface area contributed by atoms with Crippen LogP contribution in [0.2, 0.25) is 0 Å². The first-order valence-electron chi connectivity index (χ1n) is 5.69. The zero-order valence-electron chi connectivity index (χ0n) is 10.4. The fourth-order valence-corrected chi connectivity index (χ4v) is 2.08. The van der Waals surface area contributed by atoms with E-state index in [4.69, 9.17) is 11.0 Å². The Morgan fingerprint density at radius 3 is 2.80 bits per heavy atom. The molecular weight excluding hydrogens is 272 g/mol. The zero-order valence-corrected chi connectivity index (χ0v) is 11.2. The Balaban J connectivity index is 2.07. The molecule has 0 fully saturated rings. The quantitative estimate of drug-likeness (QED) is 0.818. The van der Waals surface area contributed by atoms with Crippen LogP contribution in [-0.4, -0.2) is 17.4 Å². The number of nitrogens with two attached hydrogens (primary N) is 1. The maximum atomic E-state index is 12.0. The SMILES string of the molecule is N#Cc1ccc(C(=O)Nc2ncc(C#CCN)s2)cc1. The van der Waals surface area contributed by atoms with Crippen molar-refractivity contribution in [2.24, 2.45) is 5.73 Å². The second kappa shape index (κ2) is 6.48. The fraction of sp³-hybridized carbons (Fsp3) is 0.0714. The Morgan fingerprint density at radius 2 is 2.15 bits per heavy atom. The second-order valence-electron chi connectivity index (χ2n) is 3.68. The monoisotopic (exact) mass is 282 g/mol. The summed E-state index contributed by atoms with van der Waals surface area (Å²) in [6.45, 7) is 0.283. The van der Waals surface area contributed by atoms with Crippen LogP contribution >= 0.6 is 11.3 Å². The van der Waals surface area contributed by atoms with Crippen LogP contribution < -0.4 is 11.1 Å². The number of carbonyl (C=O) groups excluding carboxylic acids is 1. The highest BCUT2D eigenvalue weighted by Gasteiger charge is 2.08. The van der Waals surface area contributed by atoms with E-state index in [1.54, 1.807) is 30.5 Å². The van der Waals surface area contributed by atoms with Crippen molar-refractivity contribution in [2.75, 3.05) is 11.9 Å². The topological polar surface area (TPSA) is 91.8 Å². The highest BCUT2D eigenvalue weighted by atomic mass is 32.1. The summed E-state index contributed by atoms with van der Waals surface area (Å²) in [6, 6.07) is 8.37. The molecule has 6 heteroatoms. The van der Waals surface area contributed by atoms with Gasteiger partial charge in [0.1, 0.15) is 0 Å². The third-order valence-electron chi connectivity index (χ3n) is 2.32. The molecule has 0 unspecified atom stereocenters. The maximum Gasteiger partial charge on any atom is 0.257 e. The van der Waals surface area contributed by atoms with Crippen molar-refractivity contribution in [3.63, 3.8) is 0 Å². The van der Waals surface area contributed by atoms with Gasteiger partial charge in [0, 0.05) is 5.56 Å². The highest BCUT2D eigenvalue weighted by molar-refractivity contribution is 7.16. The average molecular weight is 282 g/mol. The number of anilines is 1. The van der Waals surface area contributed by atoms with Gasteiger partial charge in [-0.1, -0.05) is 23.2 Å². The summed E-state index contributed by atoms with van der Waals surface area (Å²) in [4.78, 5) is 16.8. The summed E-state index contributed by atoms with van der Waals surface area (Å²) in [5.41, 5.74) is 6.26. The van der Waals surface area contributed by atoms with Gasteiger partial charge in [-0.05, 0) is 24.3 Å². The molecule has 0 saturated heterocycles. The van der Waals surface area contributed by atoms with Crippen molar-refractivity contribution >= 4 is 22.4 Å². The molecule has 3 N–H and O–H groups in total. The Hall–Kier alpha value is -2.67. The van der Waals surface area contributed by atoms with Crippen LogP contribution in [0.5, 0.6) is 0 Å². The summed E-state index contributed by atoms with van der Waals surface area (Å²) in [5, 5.41) is 11.8. The molecule has 2 rings (SSSR count). The van der Waals surface area contributed by atoms with Crippen LogP contribution in [0.15, 0.2) is 30.5 Å². The van der Waals surface area contributed by atoms with Crippen molar-refractivity contribution < 1.29 is 4.79 Å². The third kappa shape index (κ3) is 3.42. The van der Waals surface area contributed by atoms with Gasteiger partial charge in [-0.25, -0.2) is 4.98 Å². The van der Waals surface area contributed by atoms with Crippen LogP contribution in [-0.2, 0) is 0 Å². The molecule has 0 saturated carbocycles. The minimum Gasteiger partial charge on any atom is -0.320 e. The van der Waals surface area contributed by atoms with Gasteiger partial charge in [0.15, 0.2) is 5.13 Å². The standard InChI is InChI=1S/C14H10N4OS/c15-7-1-2-12-9-17-14(20-12)18-13(19)11-5-3-10(8-16)4-6-11/h3-6,9H,7,15H2,(H,17,18,19). The van der Waals surface area contributed by atoms with Crippen LogP contribution in [0, 0.1) is 23.2 Å². The fourth-order valence-electron chi connectivity index (χ4n) is 1.39. The number of nitriles is 1. The molecule has 1 aromatic heterocycles. The summed E-state index contributed by atoms with van der Waals surface area (Å²) < 4.78 is 0. The number of hydrogen-bond donors (Lipinski definition) is 2.